The Bertz CT molecular complexity index is 630. The monoisotopic (exact) mass is 355 g/mol. The smallest absolute Gasteiger partial charge is 0.259 e. The minimum Gasteiger partial charge on any atom is -0.376 e. The highest BCUT2D eigenvalue weighted by Gasteiger charge is 2.22. The van der Waals surface area contributed by atoms with Gasteiger partial charge in [0.15, 0.2) is 5.82 Å². The van der Waals surface area contributed by atoms with Crippen LogP contribution in [0, 0.1) is 5.82 Å². The first-order chi connectivity index (χ1) is 10.1. The molecule has 0 amide bonds. The summed E-state index contributed by atoms with van der Waals surface area (Å²) in [5, 5.41) is 3.85. The fraction of sp³-hybridized carbons (Fsp3) is 0.429. The SMILES string of the molecule is NC(COC1CCC1)c1noc(-c2cccc(F)c2Br)n1. The lowest BCUT2D eigenvalue weighted by atomic mass is 9.96. The molecule has 21 heavy (non-hydrogen) atoms. The number of halogens is 2. The molecule has 1 heterocycles. The third-order valence-corrected chi connectivity index (χ3v) is 4.33. The quantitative estimate of drug-likeness (QED) is 0.891. The summed E-state index contributed by atoms with van der Waals surface area (Å²) in [7, 11) is 0. The van der Waals surface area contributed by atoms with Crippen LogP contribution in [0.15, 0.2) is 27.2 Å². The summed E-state index contributed by atoms with van der Waals surface area (Å²) in [6.45, 7) is 0.355. The molecule has 1 aliphatic carbocycles. The minimum absolute atomic E-state index is 0.232. The Labute approximate surface area is 129 Å². The van der Waals surface area contributed by atoms with Gasteiger partial charge in [0, 0.05) is 0 Å². The zero-order valence-corrected chi connectivity index (χ0v) is 12.8. The number of nitrogens with zero attached hydrogens (tertiary/aromatic N) is 2. The van der Waals surface area contributed by atoms with E-state index in [1.165, 1.54) is 12.5 Å². The average Bonchev–Trinajstić information content (AvgIpc) is 2.89. The maximum Gasteiger partial charge on any atom is 0.259 e. The first kappa shape index (κ1) is 14.6. The molecule has 112 valence electrons. The standard InChI is InChI=1S/C14H15BrFN3O2/c15-12-9(5-2-6-10(12)16)14-18-13(19-21-14)11(17)7-20-8-3-1-4-8/h2,5-6,8,11H,1,3-4,7,17H2. The molecule has 1 saturated carbocycles. The van der Waals surface area contributed by atoms with Crippen LogP contribution in [0.2, 0.25) is 0 Å². The Balaban J connectivity index is 1.71. The summed E-state index contributed by atoms with van der Waals surface area (Å²) >= 11 is 3.17. The highest BCUT2D eigenvalue weighted by atomic mass is 79.9. The van der Waals surface area contributed by atoms with Crippen LogP contribution in [-0.2, 0) is 4.74 Å². The lowest BCUT2D eigenvalue weighted by molar-refractivity contribution is -0.00549. The Morgan fingerprint density at radius 1 is 1.48 bits per heavy atom. The summed E-state index contributed by atoms with van der Waals surface area (Å²) in [4.78, 5) is 4.22. The van der Waals surface area contributed by atoms with E-state index in [1.54, 1.807) is 12.1 Å². The molecule has 0 spiro atoms. The Morgan fingerprint density at radius 2 is 2.29 bits per heavy atom. The highest BCUT2D eigenvalue weighted by Crippen LogP contribution is 2.29. The molecular formula is C14H15BrFN3O2. The lowest BCUT2D eigenvalue weighted by Crippen LogP contribution is -2.27. The summed E-state index contributed by atoms with van der Waals surface area (Å²) in [5.74, 6) is 0.209. The van der Waals surface area contributed by atoms with Gasteiger partial charge in [-0.3, -0.25) is 0 Å². The van der Waals surface area contributed by atoms with Gasteiger partial charge in [0.25, 0.3) is 5.89 Å². The topological polar surface area (TPSA) is 74.2 Å². The zero-order chi connectivity index (χ0) is 14.8. The zero-order valence-electron chi connectivity index (χ0n) is 11.3. The number of aromatic nitrogens is 2. The number of benzene rings is 1. The molecule has 0 bridgehead atoms. The molecular weight excluding hydrogens is 341 g/mol. The maximum atomic E-state index is 13.5. The van der Waals surface area contributed by atoms with Gasteiger partial charge in [-0.2, -0.15) is 4.98 Å². The van der Waals surface area contributed by atoms with E-state index in [2.05, 4.69) is 26.1 Å². The van der Waals surface area contributed by atoms with Gasteiger partial charge in [-0.1, -0.05) is 11.2 Å². The van der Waals surface area contributed by atoms with Gasteiger partial charge >= 0.3 is 0 Å². The summed E-state index contributed by atoms with van der Waals surface area (Å²) in [6, 6.07) is 4.18. The fourth-order valence-corrected chi connectivity index (χ4v) is 2.45. The van der Waals surface area contributed by atoms with Crippen LogP contribution >= 0.6 is 15.9 Å². The maximum absolute atomic E-state index is 13.5. The first-order valence-electron chi connectivity index (χ1n) is 6.80. The predicted molar refractivity (Wildman–Crippen MR) is 77.9 cm³/mol. The first-order valence-corrected chi connectivity index (χ1v) is 7.59. The van der Waals surface area contributed by atoms with Crippen LogP contribution in [0.3, 0.4) is 0 Å². The molecule has 3 rings (SSSR count). The Morgan fingerprint density at radius 3 is 3.00 bits per heavy atom. The molecule has 1 fully saturated rings. The molecule has 0 saturated heterocycles. The molecule has 7 heteroatoms. The van der Waals surface area contributed by atoms with Crippen molar-refractivity contribution in [3.8, 4) is 11.5 Å². The van der Waals surface area contributed by atoms with Crippen LogP contribution in [0.1, 0.15) is 31.1 Å². The molecule has 1 unspecified atom stereocenters. The van der Waals surface area contributed by atoms with Crippen LogP contribution in [-0.4, -0.2) is 22.9 Å². The van der Waals surface area contributed by atoms with Gasteiger partial charge in [-0.15, -0.1) is 0 Å². The van der Waals surface area contributed by atoms with Crippen molar-refractivity contribution < 1.29 is 13.7 Å². The van der Waals surface area contributed by atoms with E-state index in [0.29, 0.717) is 28.6 Å². The van der Waals surface area contributed by atoms with Gasteiger partial charge in [0.2, 0.25) is 0 Å². The molecule has 1 atom stereocenters. The normalized spacial score (nSPS) is 16.7. The predicted octanol–water partition coefficient (Wildman–Crippen LogP) is 3.21. The number of ether oxygens (including phenoxy) is 1. The van der Waals surface area contributed by atoms with Crippen molar-refractivity contribution in [2.24, 2.45) is 5.73 Å². The highest BCUT2D eigenvalue weighted by molar-refractivity contribution is 9.10. The largest absolute Gasteiger partial charge is 0.376 e. The molecule has 5 nitrogen and oxygen atoms in total. The van der Waals surface area contributed by atoms with Crippen molar-refractivity contribution >= 4 is 15.9 Å². The van der Waals surface area contributed by atoms with Gasteiger partial charge in [0.05, 0.1) is 28.8 Å². The summed E-state index contributed by atoms with van der Waals surface area (Å²) < 4.78 is 24.6. The van der Waals surface area contributed by atoms with Crippen LogP contribution in [0.4, 0.5) is 4.39 Å². The van der Waals surface area contributed by atoms with E-state index >= 15 is 0 Å². The van der Waals surface area contributed by atoms with E-state index in [1.807, 2.05) is 0 Å². The van der Waals surface area contributed by atoms with Gasteiger partial charge in [-0.05, 0) is 47.3 Å². The molecule has 2 N–H and O–H groups in total. The molecule has 1 aromatic carbocycles. The van der Waals surface area contributed by atoms with Crippen molar-refractivity contribution in [3.05, 3.63) is 34.3 Å². The van der Waals surface area contributed by atoms with E-state index in [4.69, 9.17) is 15.0 Å². The van der Waals surface area contributed by atoms with E-state index in [9.17, 15) is 4.39 Å². The van der Waals surface area contributed by atoms with Crippen LogP contribution in [0.5, 0.6) is 0 Å². The molecule has 1 aliphatic rings. The number of rotatable bonds is 5. The third-order valence-electron chi connectivity index (χ3n) is 3.52. The van der Waals surface area contributed by atoms with Gasteiger partial charge < -0.3 is 15.0 Å². The second-order valence-electron chi connectivity index (χ2n) is 5.05. The Kier molecular flexibility index (Phi) is 4.32. The number of hydrogen-bond acceptors (Lipinski definition) is 5. The minimum atomic E-state index is -0.449. The fourth-order valence-electron chi connectivity index (χ4n) is 2.02. The molecule has 1 aromatic heterocycles. The number of nitrogens with two attached hydrogens (primary N) is 1. The van der Waals surface area contributed by atoms with Crippen molar-refractivity contribution in [2.75, 3.05) is 6.61 Å². The lowest BCUT2D eigenvalue weighted by Gasteiger charge is -2.26. The van der Waals surface area contributed by atoms with E-state index in [0.717, 1.165) is 12.8 Å². The molecule has 2 aromatic rings. The van der Waals surface area contributed by atoms with Crippen LogP contribution in [0.25, 0.3) is 11.5 Å². The number of hydrogen-bond donors (Lipinski definition) is 1. The van der Waals surface area contributed by atoms with Crippen molar-refractivity contribution in [1.82, 2.24) is 10.1 Å². The van der Waals surface area contributed by atoms with E-state index in [-0.39, 0.29) is 11.7 Å². The summed E-state index contributed by atoms with van der Waals surface area (Å²) in [5.41, 5.74) is 6.49. The Hall–Kier alpha value is -1.31. The van der Waals surface area contributed by atoms with E-state index < -0.39 is 6.04 Å². The third kappa shape index (κ3) is 3.14. The molecule has 0 radical (unpaired) electrons. The van der Waals surface area contributed by atoms with Crippen LogP contribution < -0.4 is 5.73 Å². The van der Waals surface area contributed by atoms with Gasteiger partial charge in [-0.25, -0.2) is 4.39 Å². The van der Waals surface area contributed by atoms with Gasteiger partial charge in [0.1, 0.15) is 5.82 Å². The second kappa shape index (κ2) is 6.21. The summed E-state index contributed by atoms with van der Waals surface area (Å²) in [6.07, 6.45) is 3.68. The van der Waals surface area contributed by atoms with Crippen molar-refractivity contribution in [2.45, 2.75) is 31.4 Å². The van der Waals surface area contributed by atoms with Crippen molar-refractivity contribution in [3.63, 3.8) is 0 Å². The second-order valence-corrected chi connectivity index (χ2v) is 5.84. The van der Waals surface area contributed by atoms with Crippen molar-refractivity contribution in [1.29, 1.82) is 0 Å². The molecule has 0 aliphatic heterocycles. The average molecular weight is 356 g/mol.